The van der Waals surface area contributed by atoms with Crippen LogP contribution in [0.25, 0.3) is 0 Å². The van der Waals surface area contributed by atoms with E-state index in [4.69, 9.17) is 0 Å². The third-order valence-corrected chi connectivity index (χ3v) is 4.10. The smallest absolute Gasteiger partial charge is 0.190 e. The molecule has 0 aromatic carbocycles. The van der Waals surface area contributed by atoms with Gasteiger partial charge in [0.25, 0.3) is 0 Å². The Morgan fingerprint density at radius 1 is 1.32 bits per heavy atom. The molecule has 0 spiro atoms. The Kier molecular flexibility index (Phi) is 9.14. The maximum absolute atomic E-state index is 4.24. The van der Waals surface area contributed by atoms with Gasteiger partial charge in [-0.25, -0.2) is 0 Å². The van der Waals surface area contributed by atoms with Crippen molar-refractivity contribution in [2.75, 3.05) is 20.1 Å². The molecule has 0 aliphatic rings. The summed E-state index contributed by atoms with van der Waals surface area (Å²) in [4.78, 5) is 5.63. The van der Waals surface area contributed by atoms with Gasteiger partial charge in [-0.2, -0.15) is 5.10 Å². The van der Waals surface area contributed by atoms with E-state index in [1.165, 1.54) is 10.4 Å². The molecule has 0 aliphatic carbocycles. The number of nitrogens with one attached hydrogen (secondary N) is 2. The van der Waals surface area contributed by atoms with E-state index in [9.17, 15) is 0 Å². The van der Waals surface area contributed by atoms with E-state index in [0.717, 1.165) is 38.3 Å². The van der Waals surface area contributed by atoms with Crippen LogP contribution < -0.4 is 10.6 Å². The van der Waals surface area contributed by atoms with Crippen molar-refractivity contribution in [3.8, 4) is 0 Å². The molecule has 2 heterocycles. The monoisotopic (exact) mass is 433 g/mol. The molecule has 0 amide bonds. The Morgan fingerprint density at radius 2 is 2.14 bits per heavy atom. The molecule has 122 valence electrons. The fourth-order valence-corrected chi connectivity index (χ4v) is 2.79. The Morgan fingerprint density at radius 3 is 2.77 bits per heavy atom. The molecular formula is C15H24IN5S. The zero-order valence-electron chi connectivity index (χ0n) is 13.1. The SMILES string of the molecule is CN=C(NCCCc1cnn(C)c1)NCCc1cccs1.I. The quantitative estimate of drug-likeness (QED) is 0.305. The molecule has 0 radical (unpaired) electrons. The molecule has 5 nitrogen and oxygen atoms in total. The zero-order valence-corrected chi connectivity index (χ0v) is 16.2. The molecule has 0 fully saturated rings. The van der Waals surface area contributed by atoms with Crippen LogP contribution in [0.3, 0.4) is 0 Å². The number of rotatable bonds is 7. The van der Waals surface area contributed by atoms with Gasteiger partial charge in [-0.3, -0.25) is 9.67 Å². The highest BCUT2D eigenvalue weighted by atomic mass is 127. The summed E-state index contributed by atoms with van der Waals surface area (Å²) in [5, 5.41) is 13.0. The summed E-state index contributed by atoms with van der Waals surface area (Å²) in [5.74, 6) is 0.873. The molecule has 0 saturated heterocycles. The minimum absolute atomic E-state index is 0. The minimum Gasteiger partial charge on any atom is -0.356 e. The van der Waals surface area contributed by atoms with E-state index in [0.29, 0.717) is 0 Å². The van der Waals surface area contributed by atoms with Crippen LogP contribution in [0.1, 0.15) is 16.9 Å². The first-order valence-corrected chi connectivity index (χ1v) is 8.10. The van der Waals surface area contributed by atoms with E-state index in [1.54, 1.807) is 11.3 Å². The van der Waals surface area contributed by atoms with Crippen molar-refractivity contribution in [1.82, 2.24) is 20.4 Å². The molecule has 0 saturated carbocycles. The molecule has 0 atom stereocenters. The second kappa shape index (κ2) is 10.6. The summed E-state index contributed by atoms with van der Waals surface area (Å²) in [6.45, 7) is 1.82. The lowest BCUT2D eigenvalue weighted by atomic mass is 10.2. The maximum atomic E-state index is 4.24. The average Bonchev–Trinajstić information content (AvgIpc) is 3.13. The van der Waals surface area contributed by atoms with E-state index in [1.807, 2.05) is 25.0 Å². The standard InChI is InChI=1S/C15H23N5S.HI/c1-16-15(18-9-7-14-6-4-10-21-14)17-8-3-5-13-11-19-20(2)12-13;/h4,6,10-12H,3,5,7-9H2,1-2H3,(H2,16,17,18);1H. The number of hydrogen-bond acceptors (Lipinski definition) is 3. The minimum atomic E-state index is 0. The summed E-state index contributed by atoms with van der Waals surface area (Å²) in [6, 6.07) is 4.25. The van der Waals surface area contributed by atoms with Crippen molar-refractivity contribution >= 4 is 41.3 Å². The summed E-state index contributed by atoms with van der Waals surface area (Å²) in [7, 11) is 3.75. The van der Waals surface area contributed by atoms with Gasteiger partial charge in [0.1, 0.15) is 0 Å². The molecule has 2 rings (SSSR count). The second-order valence-electron chi connectivity index (χ2n) is 4.88. The van der Waals surface area contributed by atoms with Crippen molar-refractivity contribution in [2.24, 2.45) is 12.0 Å². The fraction of sp³-hybridized carbons (Fsp3) is 0.467. The van der Waals surface area contributed by atoms with Crippen molar-refractivity contribution in [3.63, 3.8) is 0 Å². The van der Waals surface area contributed by atoms with Gasteiger partial charge in [0.05, 0.1) is 6.20 Å². The number of guanidine groups is 1. The molecule has 2 aromatic heterocycles. The normalized spacial score (nSPS) is 11.1. The lowest BCUT2D eigenvalue weighted by molar-refractivity contribution is 0.738. The van der Waals surface area contributed by atoms with Gasteiger partial charge in [0.15, 0.2) is 5.96 Å². The first-order chi connectivity index (χ1) is 10.3. The Hall–Kier alpha value is -1.09. The van der Waals surface area contributed by atoms with Crippen molar-refractivity contribution < 1.29 is 0 Å². The number of hydrogen-bond donors (Lipinski definition) is 2. The molecule has 2 N–H and O–H groups in total. The first kappa shape index (κ1) is 19.0. The first-order valence-electron chi connectivity index (χ1n) is 7.22. The van der Waals surface area contributed by atoms with Gasteiger partial charge >= 0.3 is 0 Å². The number of aryl methyl sites for hydroxylation is 2. The van der Waals surface area contributed by atoms with Crippen molar-refractivity contribution in [3.05, 3.63) is 40.3 Å². The second-order valence-corrected chi connectivity index (χ2v) is 5.91. The van der Waals surface area contributed by atoms with Crippen LogP contribution in [0.2, 0.25) is 0 Å². The highest BCUT2D eigenvalue weighted by Crippen LogP contribution is 2.07. The molecule has 7 heteroatoms. The fourth-order valence-electron chi connectivity index (χ4n) is 2.08. The highest BCUT2D eigenvalue weighted by Gasteiger charge is 1.99. The van der Waals surface area contributed by atoms with E-state index >= 15 is 0 Å². The van der Waals surface area contributed by atoms with E-state index in [-0.39, 0.29) is 24.0 Å². The lowest BCUT2D eigenvalue weighted by Crippen LogP contribution is -2.38. The van der Waals surface area contributed by atoms with Gasteiger partial charge in [-0.05, 0) is 36.3 Å². The Labute approximate surface area is 153 Å². The van der Waals surface area contributed by atoms with Crippen LogP contribution in [0.15, 0.2) is 34.9 Å². The number of aromatic nitrogens is 2. The van der Waals surface area contributed by atoms with Crippen LogP contribution in [0, 0.1) is 0 Å². The predicted octanol–water partition coefficient (Wildman–Crippen LogP) is 2.44. The topological polar surface area (TPSA) is 54.2 Å². The van der Waals surface area contributed by atoms with Gasteiger partial charge < -0.3 is 10.6 Å². The number of halogens is 1. The number of aliphatic imine (C=N–C) groups is 1. The largest absolute Gasteiger partial charge is 0.356 e. The number of nitrogens with zero attached hydrogens (tertiary/aromatic N) is 3. The molecule has 22 heavy (non-hydrogen) atoms. The van der Waals surface area contributed by atoms with Gasteiger partial charge in [0.2, 0.25) is 0 Å². The third kappa shape index (κ3) is 6.78. The summed E-state index contributed by atoms with van der Waals surface area (Å²) < 4.78 is 1.84. The Balaban J connectivity index is 0.00000242. The number of thiophene rings is 1. The van der Waals surface area contributed by atoms with Crippen LogP contribution in [0.5, 0.6) is 0 Å². The Bertz CT molecular complexity index is 550. The molecule has 0 aliphatic heterocycles. The van der Waals surface area contributed by atoms with Crippen LogP contribution in [-0.4, -0.2) is 35.9 Å². The van der Waals surface area contributed by atoms with E-state index < -0.39 is 0 Å². The summed E-state index contributed by atoms with van der Waals surface area (Å²) in [5.41, 5.74) is 1.28. The average molecular weight is 433 g/mol. The molecular weight excluding hydrogens is 409 g/mol. The van der Waals surface area contributed by atoms with Crippen molar-refractivity contribution in [1.29, 1.82) is 0 Å². The van der Waals surface area contributed by atoms with Crippen molar-refractivity contribution in [2.45, 2.75) is 19.3 Å². The molecule has 2 aromatic rings. The van der Waals surface area contributed by atoms with Crippen LogP contribution in [0.4, 0.5) is 0 Å². The van der Waals surface area contributed by atoms with Gasteiger partial charge in [0, 0.05) is 38.3 Å². The maximum Gasteiger partial charge on any atom is 0.190 e. The molecule has 0 unspecified atom stereocenters. The lowest BCUT2D eigenvalue weighted by Gasteiger charge is -2.11. The molecule has 0 bridgehead atoms. The van der Waals surface area contributed by atoms with Gasteiger partial charge in [-0.1, -0.05) is 6.07 Å². The predicted molar refractivity (Wildman–Crippen MR) is 104 cm³/mol. The third-order valence-electron chi connectivity index (χ3n) is 3.16. The highest BCUT2D eigenvalue weighted by molar-refractivity contribution is 14.0. The van der Waals surface area contributed by atoms with Crippen LogP contribution in [-0.2, 0) is 19.9 Å². The van der Waals surface area contributed by atoms with Crippen LogP contribution >= 0.6 is 35.3 Å². The summed E-state index contributed by atoms with van der Waals surface area (Å²) in [6.07, 6.45) is 7.13. The van der Waals surface area contributed by atoms with E-state index in [2.05, 4.69) is 44.4 Å². The summed E-state index contributed by atoms with van der Waals surface area (Å²) >= 11 is 1.80. The van der Waals surface area contributed by atoms with Gasteiger partial charge in [-0.15, -0.1) is 35.3 Å². The zero-order chi connectivity index (χ0) is 14.9.